The Morgan fingerprint density at radius 1 is 1.44 bits per heavy atom. The summed E-state index contributed by atoms with van der Waals surface area (Å²) in [6.45, 7) is 5.20. The lowest BCUT2D eigenvalue weighted by Crippen LogP contribution is -2.33. The van der Waals surface area contributed by atoms with Crippen molar-refractivity contribution in [2.24, 2.45) is 0 Å². The molecule has 87 valence electrons. The van der Waals surface area contributed by atoms with Gasteiger partial charge >= 0.3 is 0 Å². The Morgan fingerprint density at radius 2 is 2.25 bits per heavy atom. The van der Waals surface area contributed by atoms with Gasteiger partial charge < -0.3 is 9.64 Å². The van der Waals surface area contributed by atoms with E-state index in [0.717, 1.165) is 30.1 Å². The van der Waals surface area contributed by atoms with Crippen molar-refractivity contribution in [3.63, 3.8) is 0 Å². The van der Waals surface area contributed by atoms with Crippen molar-refractivity contribution in [3.05, 3.63) is 35.3 Å². The summed E-state index contributed by atoms with van der Waals surface area (Å²) in [6.07, 6.45) is 2.37. The number of hydrogen-bond donors (Lipinski definition) is 0. The van der Waals surface area contributed by atoms with E-state index in [9.17, 15) is 0 Å². The van der Waals surface area contributed by atoms with Gasteiger partial charge in [-0.25, -0.2) is 0 Å². The molecule has 1 heterocycles. The molecule has 1 aliphatic heterocycles. The number of rotatable bonds is 2. The average Bonchev–Trinajstić information content (AvgIpc) is 2.29. The van der Waals surface area contributed by atoms with E-state index in [1.807, 2.05) is 6.07 Å². The van der Waals surface area contributed by atoms with Gasteiger partial charge in [-0.2, -0.15) is 0 Å². The largest absolute Gasteiger partial charge is 0.381 e. The molecule has 2 nitrogen and oxygen atoms in total. The third kappa shape index (κ3) is 2.50. The van der Waals surface area contributed by atoms with Crippen LogP contribution in [0.2, 0.25) is 5.02 Å². The molecular weight excluding hydrogens is 222 g/mol. The van der Waals surface area contributed by atoms with Crippen LogP contribution < -0.4 is 4.90 Å². The molecule has 0 spiro atoms. The number of nitrogens with zero attached hydrogens (tertiary/aromatic N) is 1. The maximum absolute atomic E-state index is 6.24. The average molecular weight is 239 g/mol. The fraction of sp³-hybridized carbons (Fsp3) is 0.462. The monoisotopic (exact) mass is 238 g/mol. The molecule has 1 aliphatic rings. The van der Waals surface area contributed by atoms with Crippen LogP contribution in [0.25, 0.3) is 0 Å². The Labute approximate surface area is 102 Å². The molecule has 16 heavy (non-hydrogen) atoms. The molecule has 0 aromatic heterocycles. The predicted molar refractivity (Wildman–Crippen MR) is 67.9 cm³/mol. The first-order valence-electron chi connectivity index (χ1n) is 5.59. The molecule has 0 aliphatic carbocycles. The van der Waals surface area contributed by atoms with E-state index >= 15 is 0 Å². The quantitative estimate of drug-likeness (QED) is 0.783. The van der Waals surface area contributed by atoms with Crippen molar-refractivity contribution in [2.75, 3.05) is 18.6 Å². The van der Waals surface area contributed by atoms with E-state index < -0.39 is 0 Å². The zero-order chi connectivity index (χ0) is 11.5. The molecule has 2 rings (SSSR count). The molecule has 0 N–H and O–H groups in total. The van der Waals surface area contributed by atoms with Crippen molar-refractivity contribution in [1.29, 1.82) is 0 Å². The van der Waals surface area contributed by atoms with E-state index in [-0.39, 0.29) is 0 Å². The second kappa shape index (κ2) is 5.07. The minimum atomic E-state index is 0.362. The highest BCUT2D eigenvalue weighted by atomic mass is 35.5. The lowest BCUT2D eigenvalue weighted by molar-refractivity contribution is 0.0887. The molecule has 0 bridgehead atoms. The third-order valence-electron chi connectivity index (χ3n) is 3.03. The molecule has 0 saturated carbocycles. The summed E-state index contributed by atoms with van der Waals surface area (Å²) in [5.41, 5.74) is 2.29. The topological polar surface area (TPSA) is 12.5 Å². The van der Waals surface area contributed by atoms with Crippen molar-refractivity contribution < 1.29 is 4.74 Å². The van der Waals surface area contributed by atoms with Gasteiger partial charge in [0.15, 0.2) is 0 Å². The number of hydrogen-bond acceptors (Lipinski definition) is 2. The number of ether oxygens (including phenoxy) is 1. The molecule has 1 aromatic carbocycles. The summed E-state index contributed by atoms with van der Waals surface area (Å²) in [6, 6.07) is 6.19. The number of benzene rings is 1. The molecule has 0 amide bonds. The van der Waals surface area contributed by atoms with E-state index in [2.05, 4.69) is 30.5 Å². The Bertz CT molecular complexity index is 359. The number of piperidine rings is 1. The first kappa shape index (κ1) is 11.7. The molecule has 1 unspecified atom stereocenters. The third-order valence-corrected chi connectivity index (χ3v) is 3.33. The highest BCUT2D eigenvalue weighted by Crippen LogP contribution is 2.30. The fourth-order valence-electron chi connectivity index (χ4n) is 2.01. The Hall–Kier alpha value is -0.730. The van der Waals surface area contributed by atoms with Crippen LogP contribution in [-0.4, -0.2) is 19.8 Å². The minimum absolute atomic E-state index is 0.362. The maximum atomic E-state index is 6.24. The highest BCUT2D eigenvalue weighted by molar-refractivity contribution is 6.33. The van der Waals surface area contributed by atoms with E-state index in [1.54, 1.807) is 7.11 Å². The van der Waals surface area contributed by atoms with Crippen molar-refractivity contribution >= 4 is 17.3 Å². The van der Waals surface area contributed by atoms with Crippen LogP contribution in [0.15, 0.2) is 18.2 Å². The Morgan fingerprint density at radius 3 is 2.81 bits per heavy atom. The first-order chi connectivity index (χ1) is 7.70. The number of aryl methyl sites for hydroxylation is 1. The Kier molecular flexibility index (Phi) is 3.72. The van der Waals surface area contributed by atoms with Crippen LogP contribution in [-0.2, 0) is 4.74 Å². The van der Waals surface area contributed by atoms with Crippen LogP contribution in [0.4, 0.5) is 5.69 Å². The van der Waals surface area contributed by atoms with Gasteiger partial charge in [-0.1, -0.05) is 17.7 Å². The zero-order valence-electron chi connectivity index (χ0n) is 9.74. The summed E-state index contributed by atoms with van der Waals surface area (Å²) < 4.78 is 5.33. The zero-order valence-corrected chi connectivity index (χ0v) is 10.5. The van der Waals surface area contributed by atoms with Gasteiger partial charge in [0.25, 0.3) is 0 Å². The summed E-state index contributed by atoms with van der Waals surface area (Å²) in [5.74, 6) is 0. The first-order valence-corrected chi connectivity index (χ1v) is 5.97. The van der Waals surface area contributed by atoms with Gasteiger partial charge in [-0.3, -0.25) is 0 Å². The van der Waals surface area contributed by atoms with E-state index in [0.29, 0.717) is 6.10 Å². The van der Waals surface area contributed by atoms with Gasteiger partial charge in [0.05, 0.1) is 23.4 Å². The smallest absolute Gasteiger partial charge is 0.0642 e. The maximum Gasteiger partial charge on any atom is 0.0642 e. The normalized spacial score (nSPS) is 17.8. The van der Waals surface area contributed by atoms with E-state index in [4.69, 9.17) is 16.3 Å². The van der Waals surface area contributed by atoms with Gasteiger partial charge in [0, 0.05) is 13.7 Å². The van der Waals surface area contributed by atoms with Crippen LogP contribution in [0.3, 0.4) is 0 Å². The highest BCUT2D eigenvalue weighted by Gasteiger charge is 2.20. The Balaban J connectivity index is 2.08. The number of anilines is 1. The van der Waals surface area contributed by atoms with Crippen LogP contribution in [0.1, 0.15) is 18.4 Å². The number of halogens is 1. The number of methoxy groups -OCH3 is 1. The predicted octanol–water partition coefficient (Wildman–Crippen LogP) is 3.43. The molecule has 1 radical (unpaired) electrons. The van der Waals surface area contributed by atoms with Gasteiger partial charge in [-0.15, -0.1) is 0 Å². The van der Waals surface area contributed by atoms with Crippen LogP contribution in [0, 0.1) is 13.5 Å². The van der Waals surface area contributed by atoms with E-state index in [1.165, 1.54) is 5.56 Å². The summed E-state index contributed by atoms with van der Waals surface area (Å²) in [7, 11) is 1.77. The van der Waals surface area contributed by atoms with Gasteiger partial charge in [0.1, 0.15) is 0 Å². The standard InChI is InChI=1S/C13H17ClNO/c1-10-3-4-13(12(14)9-10)15-7-5-11(16-2)6-8-15/h3-4,7,9,11H,5-6,8H2,1-2H3. The fourth-order valence-corrected chi connectivity index (χ4v) is 2.36. The van der Waals surface area contributed by atoms with Crippen molar-refractivity contribution in [1.82, 2.24) is 0 Å². The molecule has 1 atom stereocenters. The van der Waals surface area contributed by atoms with Gasteiger partial charge in [-0.05, 0) is 37.5 Å². The molecule has 1 saturated heterocycles. The summed E-state index contributed by atoms with van der Waals surface area (Å²) >= 11 is 6.24. The molecule has 3 heteroatoms. The SMILES string of the molecule is COC1C[CH]N(c2ccc(C)cc2Cl)CC1. The van der Waals surface area contributed by atoms with Crippen molar-refractivity contribution in [2.45, 2.75) is 25.9 Å². The summed E-state index contributed by atoms with van der Waals surface area (Å²) in [4.78, 5) is 2.22. The molecule has 1 fully saturated rings. The lowest BCUT2D eigenvalue weighted by atomic mass is 10.1. The van der Waals surface area contributed by atoms with Crippen molar-refractivity contribution in [3.8, 4) is 0 Å². The van der Waals surface area contributed by atoms with Crippen LogP contribution >= 0.6 is 11.6 Å². The summed E-state index contributed by atoms with van der Waals surface area (Å²) in [5, 5.41) is 0.826. The lowest BCUT2D eigenvalue weighted by Gasteiger charge is -2.33. The minimum Gasteiger partial charge on any atom is -0.381 e. The molecular formula is C13H17ClNO. The molecule has 1 aromatic rings. The second-order valence-electron chi connectivity index (χ2n) is 4.21. The van der Waals surface area contributed by atoms with Crippen LogP contribution in [0.5, 0.6) is 0 Å². The van der Waals surface area contributed by atoms with Gasteiger partial charge in [0.2, 0.25) is 0 Å². The second-order valence-corrected chi connectivity index (χ2v) is 4.62.